The van der Waals surface area contributed by atoms with Crippen molar-refractivity contribution in [3.8, 4) is 11.5 Å². The molecule has 6 rings (SSSR count). The number of aliphatic imine (C=N–C) groups is 1. The molecule has 0 spiro atoms. The van der Waals surface area contributed by atoms with Crippen LogP contribution in [-0.2, 0) is 6.61 Å². The molecule has 0 bridgehead atoms. The molecule has 1 heterocycles. The van der Waals surface area contributed by atoms with Crippen molar-refractivity contribution in [3.63, 3.8) is 0 Å². The molecule has 202 valence electrons. The lowest BCUT2D eigenvalue weighted by Gasteiger charge is -2.37. The van der Waals surface area contributed by atoms with Crippen LogP contribution in [0.25, 0.3) is 0 Å². The number of halogens is 2. The van der Waals surface area contributed by atoms with E-state index in [1.54, 1.807) is 6.21 Å². The topological polar surface area (TPSA) is 42.8 Å². The lowest BCUT2D eigenvalue weighted by atomic mass is 9.77. The van der Waals surface area contributed by atoms with E-state index < -0.39 is 0 Å². The monoisotopic (exact) mass is 568 g/mol. The first-order valence-electron chi connectivity index (χ1n) is 13.6. The molecule has 4 aromatic rings. The molecule has 0 aromatic heterocycles. The number of nitrogens with zero attached hydrogens (tertiary/aromatic N) is 1. The average Bonchev–Trinajstić information content (AvgIpc) is 3.46. The Hall–Kier alpha value is -3.73. The minimum absolute atomic E-state index is 0.264. The van der Waals surface area contributed by atoms with Crippen molar-refractivity contribution in [1.29, 1.82) is 0 Å². The Morgan fingerprint density at radius 1 is 0.950 bits per heavy atom. The van der Waals surface area contributed by atoms with E-state index in [1.165, 1.54) is 16.8 Å². The van der Waals surface area contributed by atoms with Crippen molar-refractivity contribution in [2.45, 2.75) is 31.9 Å². The number of hydrogen-bond donors (Lipinski definition) is 1. The minimum atomic E-state index is 0.264. The number of benzene rings is 4. The highest BCUT2D eigenvalue weighted by Crippen LogP contribution is 2.49. The number of para-hydroxylation sites is 1. The van der Waals surface area contributed by atoms with Crippen molar-refractivity contribution >= 4 is 40.8 Å². The number of anilines is 1. The molecule has 40 heavy (non-hydrogen) atoms. The van der Waals surface area contributed by atoms with E-state index in [4.69, 9.17) is 37.7 Å². The predicted octanol–water partition coefficient (Wildman–Crippen LogP) is 9.55. The maximum Gasteiger partial charge on any atom is 0.180 e. The summed E-state index contributed by atoms with van der Waals surface area (Å²) < 4.78 is 11.9. The van der Waals surface area contributed by atoms with E-state index in [0.717, 1.165) is 23.2 Å². The van der Waals surface area contributed by atoms with Gasteiger partial charge in [-0.15, -0.1) is 0 Å². The summed E-state index contributed by atoms with van der Waals surface area (Å²) in [5, 5.41) is 4.92. The predicted molar refractivity (Wildman–Crippen MR) is 165 cm³/mol. The number of rotatable bonds is 8. The van der Waals surface area contributed by atoms with Gasteiger partial charge in [-0.25, -0.2) is 0 Å². The molecule has 0 fully saturated rings. The van der Waals surface area contributed by atoms with Gasteiger partial charge in [-0.1, -0.05) is 77.8 Å². The Morgan fingerprint density at radius 2 is 1.80 bits per heavy atom. The quantitative estimate of drug-likeness (QED) is 0.170. The first-order chi connectivity index (χ1) is 19.6. The number of hydrogen-bond acceptors (Lipinski definition) is 4. The third-order valence-electron chi connectivity index (χ3n) is 7.49. The second-order valence-electron chi connectivity index (χ2n) is 10.1. The molecule has 1 N–H and O–H groups in total. The third kappa shape index (κ3) is 5.60. The molecular formula is C34H30Cl2N2O2. The maximum absolute atomic E-state index is 6.63. The van der Waals surface area contributed by atoms with Gasteiger partial charge in [0.25, 0.3) is 0 Å². The number of ether oxygens (including phenoxy) is 2. The smallest absolute Gasteiger partial charge is 0.180 e. The van der Waals surface area contributed by atoms with E-state index in [9.17, 15) is 0 Å². The highest BCUT2D eigenvalue weighted by Gasteiger charge is 2.37. The van der Waals surface area contributed by atoms with Crippen LogP contribution >= 0.6 is 23.2 Å². The average molecular weight is 570 g/mol. The van der Waals surface area contributed by atoms with Gasteiger partial charge in [0.15, 0.2) is 11.5 Å². The van der Waals surface area contributed by atoms with Crippen molar-refractivity contribution in [3.05, 3.63) is 129 Å². The van der Waals surface area contributed by atoms with Gasteiger partial charge >= 0.3 is 0 Å². The standard InChI is InChI=1S/C34H30Cl2N2O2/c1-2-39-32-19-23(18-30(36)34(32)40-21-22-7-5-8-25(35)17-22)20-37-26-15-13-24(14-16-26)33-29-11-6-10-27(29)28-9-3-4-12-31(28)38-33/h3-10,12-20,27,29,33,38H,2,11,21H2,1H3/t27-,29+,33-/m0/s1. The zero-order chi connectivity index (χ0) is 27.5. The van der Waals surface area contributed by atoms with Gasteiger partial charge in [0.2, 0.25) is 0 Å². The molecule has 0 amide bonds. The Labute approximate surface area is 245 Å². The van der Waals surface area contributed by atoms with Crippen LogP contribution in [0.2, 0.25) is 10.0 Å². The molecule has 3 atom stereocenters. The van der Waals surface area contributed by atoms with E-state index in [2.05, 4.69) is 66.0 Å². The Bertz CT molecular complexity index is 1560. The molecular weight excluding hydrogens is 539 g/mol. The summed E-state index contributed by atoms with van der Waals surface area (Å²) in [5.41, 5.74) is 6.55. The molecule has 4 aromatic carbocycles. The van der Waals surface area contributed by atoms with Crippen molar-refractivity contribution < 1.29 is 9.47 Å². The Balaban J connectivity index is 1.18. The summed E-state index contributed by atoms with van der Waals surface area (Å²) in [5.74, 6) is 2.06. The van der Waals surface area contributed by atoms with Crippen LogP contribution in [0, 0.1) is 5.92 Å². The van der Waals surface area contributed by atoms with E-state index in [-0.39, 0.29) is 6.04 Å². The SMILES string of the molecule is CCOc1cc(C=Nc2ccc([C@@H]3Nc4ccccc4[C@@H]4C=CC[C@H]43)cc2)cc(Cl)c1OCc1cccc(Cl)c1. The van der Waals surface area contributed by atoms with Gasteiger partial charge in [0, 0.05) is 22.8 Å². The lowest BCUT2D eigenvalue weighted by molar-refractivity contribution is 0.269. The molecule has 1 aliphatic heterocycles. The van der Waals surface area contributed by atoms with E-state index in [1.807, 2.05) is 43.3 Å². The maximum atomic E-state index is 6.63. The minimum Gasteiger partial charge on any atom is -0.490 e. The van der Waals surface area contributed by atoms with Crippen LogP contribution in [0.1, 0.15) is 47.6 Å². The second-order valence-corrected chi connectivity index (χ2v) is 10.9. The fraction of sp³-hybridized carbons (Fsp3) is 0.206. The fourth-order valence-corrected chi connectivity index (χ4v) is 6.12. The van der Waals surface area contributed by atoms with Crippen molar-refractivity contribution in [2.24, 2.45) is 10.9 Å². The van der Waals surface area contributed by atoms with Crippen molar-refractivity contribution in [1.82, 2.24) is 0 Å². The molecule has 1 aliphatic carbocycles. The molecule has 6 heteroatoms. The van der Waals surface area contributed by atoms with Gasteiger partial charge in [0.05, 0.1) is 23.4 Å². The summed E-state index contributed by atoms with van der Waals surface area (Å²) in [6.45, 7) is 2.75. The zero-order valence-corrected chi connectivity index (χ0v) is 23.7. The highest BCUT2D eigenvalue weighted by molar-refractivity contribution is 6.32. The summed E-state index contributed by atoms with van der Waals surface area (Å²) in [6.07, 6.45) is 7.57. The third-order valence-corrected chi connectivity index (χ3v) is 8.01. The van der Waals surface area contributed by atoms with E-state index in [0.29, 0.717) is 46.6 Å². The molecule has 4 nitrogen and oxygen atoms in total. The highest BCUT2D eigenvalue weighted by atomic mass is 35.5. The van der Waals surface area contributed by atoms with Crippen LogP contribution in [-0.4, -0.2) is 12.8 Å². The number of allylic oxidation sites excluding steroid dienone is 2. The Morgan fingerprint density at radius 3 is 2.62 bits per heavy atom. The normalized spacial score (nSPS) is 19.2. The van der Waals surface area contributed by atoms with Gasteiger partial charge in [-0.2, -0.15) is 0 Å². The largest absolute Gasteiger partial charge is 0.490 e. The van der Waals surface area contributed by atoms with Crippen LogP contribution in [0.4, 0.5) is 11.4 Å². The van der Waals surface area contributed by atoms with Gasteiger partial charge < -0.3 is 14.8 Å². The van der Waals surface area contributed by atoms with Crippen LogP contribution < -0.4 is 14.8 Å². The summed E-state index contributed by atoms with van der Waals surface area (Å²) in [6, 6.07) is 28.7. The van der Waals surface area contributed by atoms with Crippen LogP contribution in [0.15, 0.2) is 102 Å². The first kappa shape index (κ1) is 26.5. The fourth-order valence-electron chi connectivity index (χ4n) is 5.64. The van der Waals surface area contributed by atoms with Gasteiger partial charge in [-0.05, 0) is 84.0 Å². The van der Waals surface area contributed by atoms with Gasteiger partial charge in [-0.3, -0.25) is 4.99 Å². The molecule has 0 radical (unpaired) electrons. The van der Waals surface area contributed by atoms with Crippen molar-refractivity contribution in [2.75, 3.05) is 11.9 Å². The van der Waals surface area contributed by atoms with Gasteiger partial charge in [0.1, 0.15) is 6.61 Å². The number of fused-ring (bicyclic) bond motifs is 3. The van der Waals surface area contributed by atoms with Crippen LogP contribution in [0.3, 0.4) is 0 Å². The molecule has 0 saturated carbocycles. The first-order valence-corrected chi connectivity index (χ1v) is 14.3. The number of nitrogens with one attached hydrogen (secondary N) is 1. The molecule has 0 unspecified atom stereocenters. The molecule has 0 saturated heterocycles. The summed E-state index contributed by atoms with van der Waals surface area (Å²) >= 11 is 12.7. The lowest BCUT2D eigenvalue weighted by Crippen LogP contribution is -2.28. The zero-order valence-electron chi connectivity index (χ0n) is 22.2. The summed E-state index contributed by atoms with van der Waals surface area (Å²) in [7, 11) is 0. The molecule has 2 aliphatic rings. The second kappa shape index (κ2) is 11.8. The Kier molecular flexibility index (Phi) is 7.81. The van der Waals surface area contributed by atoms with E-state index >= 15 is 0 Å². The summed E-state index contributed by atoms with van der Waals surface area (Å²) in [4.78, 5) is 4.71. The van der Waals surface area contributed by atoms with Crippen LogP contribution in [0.5, 0.6) is 11.5 Å².